The molecule has 0 saturated carbocycles. The fraction of sp³-hybridized carbons (Fsp3) is 0.0526. The molecule has 4 rings (SSSR count). The summed E-state index contributed by atoms with van der Waals surface area (Å²) in [4.78, 5) is 19.6. The second kappa shape index (κ2) is 5.25. The summed E-state index contributed by atoms with van der Waals surface area (Å²) >= 11 is 0. The van der Waals surface area contributed by atoms with Crippen molar-refractivity contribution in [3.05, 3.63) is 71.0 Å². The van der Waals surface area contributed by atoms with Crippen LogP contribution in [0.5, 0.6) is 5.75 Å². The van der Waals surface area contributed by atoms with Gasteiger partial charge >= 0.3 is 0 Å². The number of aromatic amines is 1. The zero-order valence-corrected chi connectivity index (χ0v) is 12.5. The lowest BCUT2D eigenvalue weighted by atomic mass is 10.1. The number of benzene rings is 3. The Morgan fingerprint density at radius 3 is 2.61 bits per heavy atom. The third kappa shape index (κ3) is 2.34. The molecule has 1 heterocycles. The van der Waals surface area contributed by atoms with Crippen molar-refractivity contribution in [2.75, 3.05) is 7.11 Å². The van der Waals surface area contributed by atoms with Gasteiger partial charge in [0.1, 0.15) is 11.6 Å². The molecule has 0 aliphatic carbocycles. The highest BCUT2D eigenvalue weighted by Crippen LogP contribution is 2.25. The molecule has 0 radical (unpaired) electrons. The maximum Gasteiger partial charge on any atom is 0.259 e. The van der Waals surface area contributed by atoms with Gasteiger partial charge in [0.05, 0.1) is 18.0 Å². The second-order valence-electron chi connectivity index (χ2n) is 5.36. The van der Waals surface area contributed by atoms with E-state index in [1.54, 1.807) is 13.2 Å². The molecule has 1 aromatic heterocycles. The van der Waals surface area contributed by atoms with Gasteiger partial charge in [-0.05, 0) is 41.1 Å². The summed E-state index contributed by atoms with van der Waals surface area (Å²) in [6.07, 6.45) is 0. The van der Waals surface area contributed by atoms with Crippen molar-refractivity contribution < 1.29 is 4.74 Å². The van der Waals surface area contributed by atoms with Crippen LogP contribution in [0.15, 0.2) is 65.5 Å². The molecule has 3 aromatic carbocycles. The topological polar surface area (TPSA) is 55.0 Å². The first-order valence-electron chi connectivity index (χ1n) is 7.32. The third-order valence-corrected chi connectivity index (χ3v) is 3.93. The Morgan fingerprint density at radius 1 is 0.957 bits per heavy atom. The molecular formula is C19H14N2O2. The largest absolute Gasteiger partial charge is 0.497 e. The summed E-state index contributed by atoms with van der Waals surface area (Å²) < 4.78 is 5.24. The highest BCUT2D eigenvalue weighted by atomic mass is 16.5. The highest BCUT2D eigenvalue weighted by molar-refractivity contribution is 5.88. The SMILES string of the molecule is COc1ccc2cc(-c3nc4ccccc4c(=O)[nH]3)ccc2c1. The number of para-hydroxylation sites is 1. The van der Waals surface area contributed by atoms with Gasteiger partial charge in [0, 0.05) is 5.56 Å². The van der Waals surface area contributed by atoms with Crippen molar-refractivity contribution in [3.8, 4) is 17.1 Å². The van der Waals surface area contributed by atoms with Gasteiger partial charge in [-0.2, -0.15) is 0 Å². The molecule has 0 fully saturated rings. The average Bonchev–Trinajstić information content (AvgIpc) is 2.60. The molecule has 0 atom stereocenters. The van der Waals surface area contributed by atoms with Gasteiger partial charge in [0.2, 0.25) is 0 Å². The molecule has 4 heteroatoms. The minimum Gasteiger partial charge on any atom is -0.497 e. The molecule has 0 unspecified atom stereocenters. The number of hydrogen-bond acceptors (Lipinski definition) is 3. The predicted octanol–water partition coefficient (Wildman–Crippen LogP) is 3.75. The first-order chi connectivity index (χ1) is 11.2. The Morgan fingerprint density at radius 2 is 1.74 bits per heavy atom. The number of nitrogens with zero attached hydrogens (tertiary/aromatic N) is 1. The lowest BCUT2D eigenvalue weighted by molar-refractivity contribution is 0.415. The highest BCUT2D eigenvalue weighted by Gasteiger charge is 2.06. The van der Waals surface area contributed by atoms with Gasteiger partial charge in [-0.3, -0.25) is 4.79 Å². The molecule has 0 bridgehead atoms. The van der Waals surface area contributed by atoms with E-state index < -0.39 is 0 Å². The van der Waals surface area contributed by atoms with Gasteiger partial charge in [-0.15, -0.1) is 0 Å². The van der Waals surface area contributed by atoms with E-state index in [1.165, 1.54) is 0 Å². The minimum atomic E-state index is -0.125. The van der Waals surface area contributed by atoms with Crippen LogP contribution in [0.1, 0.15) is 0 Å². The molecule has 0 aliphatic rings. The maximum absolute atomic E-state index is 12.2. The zero-order chi connectivity index (χ0) is 15.8. The summed E-state index contributed by atoms with van der Waals surface area (Å²) in [6, 6.07) is 19.2. The van der Waals surface area contributed by atoms with Crippen LogP contribution >= 0.6 is 0 Å². The van der Waals surface area contributed by atoms with Crippen LogP contribution in [0, 0.1) is 0 Å². The van der Waals surface area contributed by atoms with Gasteiger partial charge in [0.15, 0.2) is 0 Å². The monoisotopic (exact) mass is 302 g/mol. The zero-order valence-electron chi connectivity index (χ0n) is 12.5. The summed E-state index contributed by atoms with van der Waals surface area (Å²) in [5.41, 5.74) is 1.45. The smallest absolute Gasteiger partial charge is 0.259 e. The predicted molar refractivity (Wildman–Crippen MR) is 91.9 cm³/mol. The molecule has 0 spiro atoms. The van der Waals surface area contributed by atoms with Gasteiger partial charge < -0.3 is 9.72 Å². The number of rotatable bonds is 2. The van der Waals surface area contributed by atoms with Crippen LogP contribution in [-0.4, -0.2) is 17.1 Å². The van der Waals surface area contributed by atoms with Gasteiger partial charge in [0.25, 0.3) is 5.56 Å². The Hall–Kier alpha value is -3.14. The molecule has 112 valence electrons. The molecule has 4 aromatic rings. The van der Waals surface area contributed by atoms with Crippen LogP contribution in [0.2, 0.25) is 0 Å². The Labute approximate surface area is 132 Å². The van der Waals surface area contributed by atoms with Crippen molar-refractivity contribution >= 4 is 21.7 Å². The molecule has 0 amide bonds. The first-order valence-corrected chi connectivity index (χ1v) is 7.32. The van der Waals surface area contributed by atoms with E-state index in [9.17, 15) is 4.79 Å². The van der Waals surface area contributed by atoms with E-state index >= 15 is 0 Å². The second-order valence-corrected chi connectivity index (χ2v) is 5.36. The van der Waals surface area contributed by atoms with Crippen molar-refractivity contribution in [2.45, 2.75) is 0 Å². The number of fused-ring (bicyclic) bond motifs is 2. The molecule has 0 aliphatic heterocycles. The molecule has 1 N–H and O–H groups in total. The van der Waals surface area contributed by atoms with Crippen molar-refractivity contribution in [1.29, 1.82) is 0 Å². The van der Waals surface area contributed by atoms with E-state index in [0.29, 0.717) is 16.7 Å². The fourth-order valence-corrected chi connectivity index (χ4v) is 2.72. The summed E-state index contributed by atoms with van der Waals surface area (Å²) in [6.45, 7) is 0. The Bertz CT molecular complexity index is 1080. The van der Waals surface area contributed by atoms with E-state index in [2.05, 4.69) is 9.97 Å². The van der Waals surface area contributed by atoms with Crippen molar-refractivity contribution in [1.82, 2.24) is 9.97 Å². The van der Waals surface area contributed by atoms with Crippen molar-refractivity contribution in [2.24, 2.45) is 0 Å². The average molecular weight is 302 g/mol. The van der Waals surface area contributed by atoms with Crippen LogP contribution in [0.25, 0.3) is 33.1 Å². The molecule has 23 heavy (non-hydrogen) atoms. The summed E-state index contributed by atoms with van der Waals surface area (Å²) in [5.74, 6) is 1.40. The summed E-state index contributed by atoms with van der Waals surface area (Å²) in [5, 5.41) is 2.75. The van der Waals surface area contributed by atoms with Crippen LogP contribution in [0.3, 0.4) is 0 Å². The number of ether oxygens (including phenoxy) is 1. The van der Waals surface area contributed by atoms with E-state index in [-0.39, 0.29) is 5.56 Å². The number of methoxy groups -OCH3 is 1. The molecular weight excluding hydrogens is 288 g/mol. The number of aromatic nitrogens is 2. The first kappa shape index (κ1) is 13.5. The van der Waals surface area contributed by atoms with E-state index in [4.69, 9.17) is 4.74 Å². The quantitative estimate of drug-likeness (QED) is 0.613. The maximum atomic E-state index is 12.2. The molecule has 4 nitrogen and oxygen atoms in total. The number of H-pyrrole nitrogens is 1. The normalized spacial score (nSPS) is 11.0. The fourth-order valence-electron chi connectivity index (χ4n) is 2.72. The minimum absolute atomic E-state index is 0.125. The van der Waals surface area contributed by atoms with Crippen molar-refractivity contribution in [3.63, 3.8) is 0 Å². The lowest BCUT2D eigenvalue weighted by Crippen LogP contribution is -2.09. The van der Waals surface area contributed by atoms with Gasteiger partial charge in [-0.1, -0.05) is 30.3 Å². The number of nitrogens with one attached hydrogen (secondary N) is 1. The van der Waals surface area contributed by atoms with Crippen LogP contribution in [-0.2, 0) is 0 Å². The third-order valence-electron chi connectivity index (χ3n) is 3.93. The lowest BCUT2D eigenvalue weighted by Gasteiger charge is -2.06. The summed E-state index contributed by atoms with van der Waals surface area (Å²) in [7, 11) is 1.65. The Balaban J connectivity index is 1.90. The number of hydrogen-bond donors (Lipinski definition) is 1. The van der Waals surface area contributed by atoms with Crippen LogP contribution < -0.4 is 10.3 Å². The standard InChI is InChI=1S/C19H14N2O2/c1-23-15-9-8-12-10-14(7-6-13(12)11-15)18-20-17-5-3-2-4-16(17)19(22)21-18/h2-11H,1H3,(H,20,21,22). The van der Waals surface area contributed by atoms with E-state index in [1.807, 2.05) is 54.6 Å². The Kier molecular flexibility index (Phi) is 3.08. The van der Waals surface area contributed by atoms with Gasteiger partial charge in [-0.25, -0.2) is 4.98 Å². The molecule has 0 saturated heterocycles. The van der Waals surface area contributed by atoms with E-state index in [0.717, 1.165) is 22.1 Å². The van der Waals surface area contributed by atoms with Crippen LogP contribution in [0.4, 0.5) is 0 Å².